The summed E-state index contributed by atoms with van der Waals surface area (Å²) < 4.78 is 33.6. The minimum Gasteiger partial charge on any atom is -0.367 e. The Labute approximate surface area is 131 Å². The van der Waals surface area contributed by atoms with Gasteiger partial charge in [0.15, 0.2) is 0 Å². The maximum absolute atomic E-state index is 12.8. The lowest BCUT2D eigenvalue weighted by Gasteiger charge is -2.46. The summed E-state index contributed by atoms with van der Waals surface area (Å²) in [5.74, 6) is 0. The van der Waals surface area contributed by atoms with Crippen LogP contribution in [0.2, 0.25) is 0 Å². The number of sulfonamides is 1. The Hall–Kier alpha value is -0.470. The van der Waals surface area contributed by atoms with Gasteiger partial charge in [-0.1, -0.05) is 0 Å². The third-order valence-electron chi connectivity index (χ3n) is 3.25. The predicted molar refractivity (Wildman–Crippen MR) is 85.1 cm³/mol. The van der Waals surface area contributed by atoms with Crippen molar-refractivity contribution in [3.63, 3.8) is 0 Å². The summed E-state index contributed by atoms with van der Waals surface area (Å²) in [5, 5.41) is 3.04. The van der Waals surface area contributed by atoms with Crippen molar-refractivity contribution in [1.29, 1.82) is 0 Å². The molecule has 0 aromatic carbocycles. The van der Waals surface area contributed by atoms with Crippen molar-refractivity contribution >= 4 is 21.4 Å². The van der Waals surface area contributed by atoms with Crippen LogP contribution in [-0.4, -0.2) is 44.1 Å². The van der Waals surface area contributed by atoms with Gasteiger partial charge in [-0.05, 0) is 46.9 Å². The number of hydrogen-bond donors (Lipinski definition) is 1. The monoisotopic (exact) mass is 332 g/mol. The van der Waals surface area contributed by atoms with Gasteiger partial charge in [0, 0.05) is 24.5 Å². The molecule has 1 N–H and O–H groups in total. The minimum atomic E-state index is -3.46. The molecule has 120 valence electrons. The summed E-state index contributed by atoms with van der Waals surface area (Å²) in [7, 11) is -1.61. The van der Waals surface area contributed by atoms with E-state index in [1.807, 2.05) is 40.8 Å². The van der Waals surface area contributed by atoms with Gasteiger partial charge >= 0.3 is 0 Å². The lowest BCUT2D eigenvalue weighted by atomic mass is 10.0. The zero-order valence-corrected chi connectivity index (χ0v) is 14.9. The fourth-order valence-electron chi connectivity index (χ4n) is 2.78. The van der Waals surface area contributed by atoms with Crippen molar-refractivity contribution in [3.05, 3.63) is 17.0 Å². The van der Waals surface area contributed by atoms with Gasteiger partial charge in [-0.3, -0.25) is 0 Å². The molecule has 1 aromatic rings. The highest BCUT2D eigenvalue weighted by atomic mass is 32.2. The molecule has 0 saturated carbocycles. The first-order valence-corrected chi connectivity index (χ1v) is 9.25. The van der Waals surface area contributed by atoms with Gasteiger partial charge in [0.05, 0.1) is 11.2 Å². The van der Waals surface area contributed by atoms with E-state index < -0.39 is 21.2 Å². The van der Waals surface area contributed by atoms with E-state index in [0.717, 1.165) is 4.88 Å². The van der Waals surface area contributed by atoms with Crippen LogP contribution in [0.4, 0.5) is 0 Å². The number of morpholine rings is 1. The van der Waals surface area contributed by atoms with Gasteiger partial charge < -0.3 is 10.1 Å². The van der Waals surface area contributed by atoms with E-state index in [2.05, 4.69) is 5.32 Å². The molecule has 1 fully saturated rings. The van der Waals surface area contributed by atoms with Crippen molar-refractivity contribution in [3.8, 4) is 0 Å². The van der Waals surface area contributed by atoms with E-state index in [-0.39, 0.29) is 0 Å². The second-order valence-corrected chi connectivity index (χ2v) is 9.98. The molecule has 0 atom stereocenters. The van der Waals surface area contributed by atoms with E-state index in [1.54, 1.807) is 10.4 Å². The Morgan fingerprint density at radius 1 is 1.24 bits per heavy atom. The highest BCUT2D eigenvalue weighted by Gasteiger charge is 2.43. The number of nitrogens with zero attached hydrogens (tertiary/aromatic N) is 1. The van der Waals surface area contributed by atoms with Crippen LogP contribution in [0.1, 0.15) is 32.6 Å². The van der Waals surface area contributed by atoms with Crippen LogP contribution < -0.4 is 5.32 Å². The topological polar surface area (TPSA) is 58.6 Å². The molecular weight excluding hydrogens is 308 g/mol. The van der Waals surface area contributed by atoms with Crippen LogP contribution in [0.15, 0.2) is 16.3 Å². The average molecular weight is 332 g/mol. The molecule has 2 rings (SSSR count). The van der Waals surface area contributed by atoms with Crippen molar-refractivity contribution in [2.75, 3.05) is 20.1 Å². The first-order chi connectivity index (χ1) is 9.56. The molecule has 1 saturated heterocycles. The minimum absolute atomic E-state index is 0.373. The molecule has 0 spiro atoms. The summed E-state index contributed by atoms with van der Waals surface area (Å²) >= 11 is 1.33. The van der Waals surface area contributed by atoms with Crippen LogP contribution in [0.3, 0.4) is 0 Å². The molecule has 21 heavy (non-hydrogen) atoms. The largest absolute Gasteiger partial charge is 0.367 e. The fraction of sp³-hybridized carbons (Fsp3) is 0.714. The van der Waals surface area contributed by atoms with Gasteiger partial charge in [0.25, 0.3) is 10.0 Å². The molecule has 2 heterocycles. The number of hydrogen-bond acceptors (Lipinski definition) is 5. The Balaban J connectivity index is 2.29. The molecule has 1 aliphatic heterocycles. The lowest BCUT2D eigenvalue weighted by Crippen LogP contribution is -2.58. The van der Waals surface area contributed by atoms with E-state index >= 15 is 0 Å². The third kappa shape index (κ3) is 3.84. The van der Waals surface area contributed by atoms with Gasteiger partial charge in [-0.2, -0.15) is 4.31 Å². The first-order valence-electron chi connectivity index (χ1n) is 6.99. The second-order valence-electron chi connectivity index (χ2n) is 6.65. The van der Waals surface area contributed by atoms with E-state index in [1.165, 1.54) is 11.3 Å². The van der Waals surface area contributed by atoms with Gasteiger partial charge in [-0.25, -0.2) is 8.42 Å². The maximum Gasteiger partial charge on any atom is 0.252 e. The van der Waals surface area contributed by atoms with Crippen LogP contribution >= 0.6 is 11.3 Å². The highest BCUT2D eigenvalue weighted by molar-refractivity contribution is 7.91. The molecule has 7 heteroatoms. The molecule has 5 nitrogen and oxygen atoms in total. The molecule has 1 aliphatic rings. The summed E-state index contributed by atoms with van der Waals surface area (Å²) in [6.45, 7) is 9.14. The Morgan fingerprint density at radius 2 is 1.81 bits per heavy atom. The van der Waals surface area contributed by atoms with Crippen LogP contribution in [-0.2, 0) is 21.3 Å². The van der Waals surface area contributed by atoms with E-state index in [9.17, 15) is 8.42 Å². The second kappa shape index (κ2) is 5.62. The number of rotatable bonds is 4. The zero-order chi connectivity index (χ0) is 15.9. The zero-order valence-electron chi connectivity index (χ0n) is 13.3. The van der Waals surface area contributed by atoms with Crippen molar-refractivity contribution in [2.45, 2.75) is 49.7 Å². The van der Waals surface area contributed by atoms with Crippen LogP contribution in [0, 0.1) is 0 Å². The molecule has 0 bridgehead atoms. The highest BCUT2D eigenvalue weighted by Crippen LogP contribution is 2.33. The van der Waals surface area contributed by atoms with Crippen molar-refractivity contribution in [1.82, 2.24) is 9.62 Å². The molecule has 0 unspecified atom stereocenters. The molecule has 0 aliphatic carbocycles. The van der Waals surface area contributed by atoms with Gasteiger partial charge in [0.2, 0.25) is 0 Å². The molecule has 0 radical (unpaired) electrons. The van der Waals surface area contributed by atoms with Gasteiger partial charge in [-0.15, -0.1) is 11.3 Å². The number of ether oxygens (including phenoxy) is 1. The summed E-state index contributed by atoms with van der Waals surface area (Å²) in [5.41, 5.74) is -0.972. The van der Waals surface area contributed by atoms with Crippen LogP contribution in [0.25, 0.3) is 0 Å². The fourth-order valence-corrected chi connectivity index (χ4v) is 6.04. The SMILES string of the molecule is CNCc1ccc(S(=O)(=O)N2CC(C)(C)OC(C)(C)C2)s1. The van der Waals surface area contributed by atoms with E-state index in [0.29, 0.717) is 23.8 Å². The summed E-state index contributed by atoms with van der Waals surface area (Å²) in [6, 6.07) is 3.56. The number of nitrogens with one attached hydrogen (secondary N) is 1. The Morgan fingerprint density at radius 3 is 2.33 bits per heavy atom. The summed E-state index contributed by atoms with van der Waals surface area (Å²) in [4.78, 5) is 1.02. The first kappa shape index (κ1) is 16.9. The maximum atomic E-state index is 12.8. The average Bonchev–Trinajstić information content (AvgIpc) is 2.74. The third-order valence-corrected chi connectivity index (χ3v) is 6.59. The number of thiophene rings is 1. The van der Waals surface area contributed by atoms with Crippen LogP contribution in [0.5, 0.6) is 0 Å². The smallest absolute Gasteiger partial charge is 0.252 e. The molecular formula is C14H24N2O3S2. The summed E-state index contributed by atoms with van der Waals surface area (Å²) in [6.07, 6.45) is 0. The van der Waals surface area contributed by atoms with E-state index in [4.69, 9.17) is 4.74 Å². The van der Waals surface area contributed by atoms with Gasteiger partial charge in [0.1, 0.15) is 4.21 Å². The van der Waals surface area contributed by atoms with Crippen molar-refractivity contribution in [2.24, 2.45) is 0 Å². The predicted octanol–water partition coefficient (Wildman–Crippen LogP) is 2.05. The quantitative estimate of drug-likeness (QED) is 0.917. The Bertz CT molecular complexity index is 589. The Kier molecular flexibility index (Phi) is 4.52. The molecule has 0 amide bonds. The lowest BCUT2D eigenvalue weighted by molar-refractivity contribution is -0.163. The molecule has 1 aromatic heterocycles. The standard InChI is InChI=1S/C14H24N2O3S2/c1-13(2)9-16(10-14(3,4)19-13)21(17,18)12-7-6-11(20-12)8-15-5/h6-7,15H,8-10H2,1-5H3. The normalized spacial score (nSPS) is 22.3. The van der Waals surface area contributed by atoms with Crippen molar-refractivity contribution < 1.29 is 13.2 Å².